The Bertz CT molecular complexity index is 2000. The third-order valence-corrected chi connectivity index (χ3v) is 12.1. The Morgan fingerprint density at radius 1 is 0.944 bits per heavy atom. The predicted molar refractivity (Wildman–Crippen MR) is 200 cm³/mol. The summed E-state index contributed by atoms with van der Waals surface area (Å²) in [6.45, 7) is 5.82. The highest BCUT2D eigenvalue weighted by Gasteiger charge is 2.46. The molecule has 4 amide bonds. The standard InChI is InChI=1S/C41H43ClN6O6/c42-33-20-31(9-8-28(33)21-43)54-30-14-18-47(19-15-30)39(51)27-6-4-26(5-7-27)29-23-45(24-29)22-25-12-16-46(17-13-25)34-3-1-2-32-37(34)41(53)48(40(32)52)35-10-11-36(49)44-38(35)50/h1-9,20,25,29-30,35,40,52H,10-19,22-24H2,(H,44,49,50). The fraction of sp³-hybridized carbons (Fsp3) is 0.439. The van der Waals surface area contributed by atoms with Crippen LogP contribution >= 0.6 is 11.6 Å². The summed E-state index contributed by atoms with van der Waals surface area (Å²) in [5, 5.41) is 22.9. The maximum absolute atomic E-state index is 13.6. The van der Waals surface area contributed by atoms with Crippen LogP contribution in [0.5, 0.6) is 5.75 Å². The molecule has 12 nitrogen and oxygen atoms in total. The molecule has 0 aromatic heterocycles. The summed E-state index contributed by atoms with van der Waals surface area (Å²) in [4.78, 5) is 59.0. The average Bonchev–Trinajstić information content (AvgIpc) is 3.42. The lowest BCUT2D eigenvalue weighted by atomic mass is 9.88. The lowest BCUT2D eigenvalue weighted by Crippen LogP contribution is -2.53. The number of nitrogens with zero attached hydrogens (tertiary/aromatic N) is 5. The van der Waals surface area contributed by atoms with Crippen molar-refractivity contribution in [3.8, 4) is 11.8 Å². The van der Waals surface area contributed by atoms with Gasteiger partial charge in [0.05, 0.1) is 16.1 Å². The third-order valence-electron chi connectivity index (χ3n) is 11.8. The van der Waals surface area contributed by atoms with Crippen molar-refractivity contribution < 1.29 is 29.0 Å². The normalized spacial score (nSPS) is 22.8. The van der Waals surface area contributed by atoms with Gasteiger partial charge in [-0.05, 0) is 61.1 Å². The summed E-state index contributed by atoms with van der Waals surface area (Å²) < 4.78 is 6.08. The minimum absolute atomic E-state index is 0.0142. The maximum Gasteiger partial charge on any atom is 0.259 e. The number of rotatable bonds is 8. The van der Waals surface area contributed by atoms with Crippen LogP contribution in [0.1, 0.15) is 88.1 Å². The van der Waals surface area contributed by atoms with E-state index in [1.165, 1.54) is 10.5 Å². The molecule has 0 bridgehead atoms. The Balaban J connectivity index is 0.785. The van der Waals surface area contributed by atoms with Gasteiger partial charge >= 0.3 is 0 Å². The van der Waals surface area contributed by atoms with Gasteiger partial charge in [-0.25, -0.2) is 0 Å². The first-order chi connectivity index (χ1) is 26.2. The number of nitrogens with one attached hydrogen (secondary N) is 1. The van der Waals surface area contributed by atoms with E-state index >= 15 is 0 Å². The summed E-state index contributed by atoms with van der Waals surface area (Å²) in [6.07, 6.45) is 2.51. The molecule has 3 aromatic carbocycles. The largest absolute Gasteiger partial charge is 0.490 e. The number of likely N-dealkylation sites (tertiary alicyclic amines) is 2. The molecule has 8 rings (SSSR count). The second kappa shape index (κ2) is 15.1. The summed E-state index contributed by atoms with van der Waals surface area (Å²) in [5.74, 6) is 0.375. The summed E-state index contributed by atoms with van der Waals surface area (Å²) in [6, 6.07) is 19.9. The van der Waals surface area contributed by atoms with Gasteiger partial charge in [0, 0.05) is 93.9 Å². The zero-order chi connectivity index (χ0) is 37.5. The van der Waals surface area contributed by atoms with Crippen molar-refractivity contribution in [1.29, 1.82) is 5.26 Å². The zero-order valence-electron chi connectivity index (χ0n) is 30.0. The van der Waals surface area contributed by atoms with Gasteiger partial charge in [0.25, 0.3) is 11.8 Å². The zero-order valence-corrected chi connectivity index (χ0v) is 30.7. The number of aliphatic hydroxyl groups excluding tert-OH is 1. The van der Waals surface area contributed by atoms with E-state index in [1.807, 2.05) is 29.2 Å². The monoisotopic (exact) mass is 750 g/mol. The Labute approximate surface area is 319 Å². The van der Waals surface area contributed by atoms with Crippen LogP contribution in [-0.2, 0) is 9.59 Å². The molecule has 3 aromatic rings. The van der Waals surface area contributed by atoms with Crippen LogP contribution in [0.25, 0.3) is 0 Å². The third kappa shape index (κ3) is 7.04. The second-order valence-electron chi connectivity index (χ2n) is 15.1. The first-order valence-corrected chi connectivity index (χ1v) is 19.2. The lowest BCUT2D eigenvalue weighted by molar-refractivity contribution is -0.139. The molecule has 5 heterocycles. The van der Waals surface area contributed by atoms with Crippen LogP contribution in [0.3, 0.4) is 0 Å². The summed E-state index contributed by atoms with van der Waals surface area (Å²) in [7, 11) is 0. The number of ether oxygens (including phenoxy) is 1. The highest BCUT2D eigenvalue weighted by Crippen LogP contribution is 2.41. The number of carbonyl (C=O) groups is 4. The van der Waals surface area contributed by atoms with Gasteiger partial charge < -0.3 is 24.5 Å². The van der Waals surface area contributed by atoms with Crippen LogP contribution in [0, 0.1) is 17.2 Å². The highest BCUT2D eigenvalue weighted by molar-refractivity contribution is 6.31. The Hall–Kier alpha value is -4.96. The van der Waals surface area contributed by atoms with Gasteiger partial charge in [-0.3, -0.25) is 29.4 Å². The minimum atomic E-state index is -1.22. The quantitative estimate of drug-likeness (QED) is 0.319. The average molecular weight is 751 g/mol. The van der Waals surface area contributed by atoms with Gasteiger partial charge in [-0.1, -0.05) is 35.9 Å². The number of imide groups is 1. The van der Waals surface area contributed by atoms with Crippen molar-refractivity contribution in [1.82, 2.24) is 20.0 Å². The molecule has 5 aliphatic heterocycles. The molecule has 0 radical (unpaired) electrons. The van der Waals surface area contributed by atoms with E-state index in [4.69, 9.17) is 21.6 Å². The van der Waals surface area contributed by atoms with E-state index in [0.717, 1.165) is 64.1 Å². The molecule has 4 saturated heterocycles. The van der Waals surface area contributed by atoms with Crippen molar-refractivity contribution in [2.24, 2.45) is 5.92 Å². The van der Waals surface area contributed by atoms with Crippen LogP contribution in [0.4, 0.5) is 5.69 Å². The molecule has 4 fully saturated rings. The molecule has 0 aliphatic carbocycles. The molecule has 2 N–H and O–H groups in total. The lowest BCUT2D eigenvalue weighted by Gasteiger charge is -2.43. The Morgan fingerprint density at radius 2 is 1.69 bits per heavy atom. The topological polar surface area (TPSA) is 147 Å². The first-order valence-electron chi connectivity index (χ1n) is 18.9. The van der Waals surface area contributed by atoms with E-state index in [9.17, 15) is 24.3 Å². The maximum atomic E-state index is 13.6. The fourth-order valence-corrected chi connectivity index (χ4v) is 8.89. The van der Waals surface area contributed by atoms with Gasteiger partial charge in [-0.2, -0.15) is 5.26 Å². The van der Waals surface area contributed by atoms with Crippen LogP contribution in [0.2, 0.25) is 5.02 Å². The Morgan fingerprint density at radius 3 is 2.37 bits per heavy atom. The number of anilines is 1. The van der Waals surface area contributed by atoms with Crippen LogP contribution in [0.15, 0.2) is 60.7 Å². The number of halogens is 1. The van der Waals surface area contributed by atoms with Gasteiger partial charge in [-0.15, -0.1) is 0 Å². The van der Waals surface area contributed by atoms with E-state index in [2.05, 4.69) is 33.3 Å². The van der Waals surface area contributed by atoms with Crippen molar-refractivity contribution >= 4 is 40.9 Å². The molecular formula is C41H43ClN6O6. The number of benzene rings is 3. The molecule has 5 aliphatic rings. The number of fused-ring (bicyclic) bond motifs is 1. The van der Waals surface area contributed by atoms with Gasteiger partial charge in [0.15, 0.2) is 6.23 Å². The number of hydrogen-bond donors (Lipinski definition) is 2. The molecule has 54 heavy (non-hydrogen) atoms. The summed E-state index contributed by atoms with van der Waals surface area (Å²) in [5.41, 5.74) is 4.11. The second-order valence-corrected chi connectivity index (χ2v) is 15.5. The van der Waals surface area contributed by atoms with Crippen molar-refractivity contribution in [3.63, 3.8) is 0 Å². The molecule has 2 unspecified atom stereocenters. The molecule has 280 valence electrons. The highest BCUT2D eigenvalue weighted by atomic mass is 35.5. The number of nitriles is 1. The number of amides is 4. The molecule has 2 atom stereocenters. The molecule has 0 spiro atoms. The fourth-order valence-electron chi connectivity index (χ4n) is 8.68. The van der Waals surface area contributed by atoms with Crippen LogP contribution in [-0.4, -0.2) is 101 Å². The van der Waals surface area contributed by atoms with Crippen molar-refractivity contribution in [2.75, 3.05) is 50.7 Å². The van der Waals surface area contributed by atoms with E-state index in [0.29, 0.717) is 58.0 Å². The van der Waals surface area contributed by atoms with Gasteiger partial charge in [0.1, 0.15) is 24.0 Å². The number of hydrogen-bond acceptors (Lipinski definition) is 9. The first kappa shape index (κ1) is 36.0. The van der Waals surface area contributed by atoms with Gasteiger partial charge in [0.2, 0.25) is 11.8 Å². The summed E-state index contributed by atoms with van der Waals surface area (Å²) >= 11 is 6.15. The molecule has 13 heteroatoms. The Kier molecular flexibility index (Phi) is 10.0. The molecule has 0 saturated carbocycles. The van der Waals surface area contributed by atoms with E-state index < -0.39 is 18.2 Å². The minimum Gasteiger partial charge on any atom is -0.490 e. The van der Waals surface area contributed by atoms with Crippen molar-refractivity contribution in [2.45, 2.75) is 62.8 Å². The SMILES string of the molecule is N#Cc1ccc(OC2CCN(C(=O)c3ccc(C4CN(CC5CCN(c6cccc7c6C(=O)N(C6CCC(=O)NC6=O)C7O)CC5)C4)cc3)CC2)cc1Cl. The van der Waals surface area contributed by atoms with E-state index in [1.54, 1.807) is 24.3 Å². The predicted octanol–water partition coefficient (Wildman–Crippen LogP) is 4.46. The van der Waals surface area contributed by atoms with Crippen molar-refractivity contribution in [3.05, 3.63) is 93.5 Å². The molecular weight excluding hydrogens is 708 g/mol. The number of aliphatic hydroxyl groups is 1. The number of carbonyl (C=O) groups excluding carboxylic acids is 4. The smallest absolute Gasteiger partial charge is 0.259 e. The van der Waals surface area contributed by atoms with E-state index in [-0.39, 0.29) is 36.7 Å². The number of piperidine rings is 3. The van der Waals surface area contributed by atoms with Crippen LogP contribution < -0.4 is 15.0 Å².